The first kappa shape index (κ1) is 11.4. The van der Waals surface area contributed by atoms with Crippen LogP contribution in [-0.4, -0.2) is 0 Å². The Morgan fingerprint density at radius 3 is 2.81 bits per heavy atom. The molecule has 2 rings (SSSR count). The van der Waals surface area contributed by atoms with E-state index in [0.29, 0.717) is 0 Å². The van der Waals surface area contributed by atoms with Gasteiger partial charge in [0, 0.05) is 0 Å². The highest BCUT2D eigenvalue weighted by molar-refractivity contribution is 5.64. The lowest BCUT2D eigenvalue weighted by Gasteiger charge is -2.04. The Bertz CT molecular complexity index is 396. The Labute approximate surface area is 99.4 Å². The van der Waals surface area contributed by atoms with E-state index in [2.05, 4.69) is 45.0 Å². The number of benzene rings is 1. The number of hydrogen-bond acceptors (Lipinski definition) is 0. The maximum Gasteiger partial charge on any atom is -0.00578 e. The molecule has 1 aromatic rings. The van der Waals surface area contributed by atoms with Gasteiger partial charge in [-0.05, 0) is 43.2 Å². The Hall–Kier alpha value is -1.04. The zero-order chi connectivity index (χ0) is 11.5. The zero-order valence-corrected chi connectivity index (χ0v) is 10.7. The zero-order valence-electron chi connectivity index (χ0n) is 10.7. The quantitative estimate of drug-likeness (QED) is 0.678. The summed E-state index contributed by atoms with van der Waals surface area (Å²) in [6.07, 6.45) is 7.57. The highest BCUT2D eigenvalue weighted by atomic mass is 14.2. The average Bonchev–Trinajstić information content (AvgIpc) is 2.58. The van der Waals surface area contributed by atoms with Gasteiger partial charge in [-0.3, -0.25) is 0 Å². The first-order valence-electron chi connectivity index (χ1n) is 6.44. The summed E-state index contributed by atoms with van der Waals surface area (Å²) in [5, 5.41) is 0. The Morgan fingerprint density at radius 2 is 2.06 bits per heavy atom. The van der Waals surface area contributed by atoms with E-state index in [1.165, 1.54) is 42.4 Å². The van der Waals surface area contributed by atoms with E-state index in [-0.39, 0.29) is 0 Å². The van der Waals surface area contributed by atoms with Gasteiger partial charge in [0.05, 0.1) is 0 Å². The van der Waals surface area contributed by atoms with E-state index in [4.69, 9.17) is 0 Å². The van der Waals surface area contributed by atoms with Crippen molar-refractivity contribution in [3.8, 4) is 0 Å². The topological polar surface area (TPSA) is 0 Å². The SMILES string of the molecule is Cc1ccc2c(c1)C=C(CCCC(C)C)C2. The first-order valence-corrected chi connectivity index (χ1v) is 6.44. The highest BCUT2D eigenvalue weighted by Gasteiger charge is 2.12. The van der Waals surface area contributed by atoms with Crippen LogP contribution >= 0.6 is 0 Å². The van der Waals surface area contributed by atoms with Crippen molar-refractivity contribution < 1.29 is 0 Å². The van der Waals surface area contributed by atoms with Crippen molar-refractivity contribution in [1.29, 1.82) is 0 Å². The van der Waals surface area contributed by atoms with Gasteiger partial charge in [-0.25, -0.2) is 0 Å². The number of aryl methyl sites for hydroxylation is 1. The van der Waals surface area contributed by atoms with Gasteiger partial charge >= 0.3 is 0 Å². The van der Waals surface area contributed by atoms with Crippen molar-refractivity contribution in [2.75, 3.05) is 0 Å². The molecule has 1 aliphatic rings. The molecule has 0 heteroatoms. The fourth-order valence-electron chi connectivity index (χ4n) is 2.42. The fourth-order valence-corrected chi connectivity index (χ4v) is 2.42. The minimum atomic E-state index is 0.839. The van der Waals surface area contributed by atoms with E-state index in [0.717, 1.165) is 5.92 Å². The summed E-state index contributed by atoms with van der Waals surface area (Å²) in [4.78, 5) is 0. The minimum absolute atomic E-state index is 0.839. The molecule has 0 saturated heterocycles. The molecule has 0 N–H and O–H groups in total. The lowest BCUT2D eigenvalue weighted by atomic mass is 10.0. The van der Waals surface area contributed by atoms with Crippen LogP contribution in [0.25, 0.3) is 6.08 Å². The van der Waals surface area contributed by atoms with Crippen molar-refractivity contribution in [3.05, 3.63) is 40.5 Å². The predicted molar refractivity (Wildman–Crippen MR) is 71.5 cm³/mol. The molecular formula is C16H22. The molecule has 0 aliphatic heterocycles. The minimum Gasteiger partial charge on any atom is -0.0652 e. The van der Waals surface area contributed by atoms with Gasteiger partial charge in [-0.2, -0.15) is 0 Å². The van der Waals surface area contributed by atoms with Crippen molar-refractivity contribution in [2.24, 2.45) is 5.92 Å². The van der Waals surface area contributed by atoms with Crippen LogP contribution in [0.4, 0.5) is 0 Å². The number of hydrogen-bond donors (Lipinski definition) is 0. The van der Waals surface area contributed by atoms with Crippen LogP contribution in [-0.2, 0) is 6.42 Å². The molecule has 0 spiro atoms. The van der Waals surface area contributed by atoms with Gasteiger partial charge in [0.15, 0.2) is 0 Å². The summed E-state index contributed by atoms with van der Waals surface area (Å²) >= 11 is 0. The molecule has 0 bridgehead atoms. The molecule has 0 heterocycles. The summed E-state index contributed by atoms with van der Waals surface area (Å²) in [5.74, 6) is 0.839. The second kappa shape index (κ2) is 4.86. The van der Waals surface area contributed by atoms with Crippen molar-refractivity contribution >= 4 is 6.08 Å². The van der Waals surface area contributed by atoms with E-state index >= 15 is 0 Å². The molecule has 0 saturated carbocycles. The Morgan fingerprint density at radius 1 is 1.25 bits per heavy atom. The molecular weight excluding hydrogens is 192 g/mol. The van der Waals surface area contributed by atoms with Gasteiger partial charge < -0.3 is 0 Å². The molecule has 1 aliphatic carbocycles. The van der Waals surface area contributed by atoms with Crippen LogP contribution in [0.5, 0.6) is 0 Å². The van der Waals surface area contributed by atoms with Crippen molar-refractivity contribution in [1.82, 2.24) is 0 Å². The fraction of sp³-hybridized carbons (Fsp3) is 0.500. The molecule has 0 atom stereocenters. The summed E-state index contributed by atoms with van der Waals surface area (Å²) < 4.78 is 0. The van der Waals surface area contributed by atoms with E-state index in [1.807, 2.05) is 0 Å². The van der Waals surface area contributed by atoms with Crippen LogP contribution in [0.2, 0.25) is 0 Å². The molecule has 16 heavy (non-hydrogen) atoms. The summed E-state index contributed by atoms with van der Waals surface area (Å²) in [5.41, 5.74) is 5.98. The molecule has 0 fully saturated rings. The third kappa shape index (κ3) is 2.75. The molecule has 0 unspecified atom stereocenters. The summed E-state index contributed by atoms with van der Waals surface area (Å²) in [6.45, 7) is 6.78. The van der Waals surface area contributed by atoms with E-state index < -0.39 is 0 Å². The van der Waals surface area contributed by atoms with Crippen LogP contribution in [0.1, 0.15) is 49.8 Å². The Kier molecular flexibility index (Phi) is 3.48. The molecule has 0 radical (unpaired) electrons. The molecule has 86 valence electrons. The predicted octanol–water partition coefficient (Wildman–Crippen LogP) is 4.76. The molecule has 1 aromatic carbocycles. The summed E-state index contributed by atoms with van der Waals surface area (Å²) in [7, 11) is 0. The molecule has 0 amide bonds. The lowest BCUT2D eigenvalue weighted by molar-refractivity contribution is 0.554. The van der Waals surface area contributed by atoms with E-state index in [1.54, 1.807) is 5.57 Å². The maximum atomic E-state index is 2.41. The van der Waals surface area contributed by atoms with Crippen LogP contribution in [0.15, 0.2) is 23.8 Å². The van der Waals surface area contributed by atoms with Crippen LogP contribution < -0.4 is 0 Å². The smallest absolute Gasteiger partial charge is 0.00578 e. The number of rotatable bonds is 4. The van der Waals surface area contributed by atoms with Crippen molar-refractivity contribution in [2.45, 2.75) is 46.5 Å². The van der Waals surface area contributed by atoms with Gasteiger partial charge in [0.2, 0.25) is 0 Å². The second-order valence-electron chi connectivity index (χ2n) is 5.47. The summed E-state index contributed by atoms with van der Waals surface area (Å²) in [6, 6.07) is 6.82. The molecule has 0 aromatic heterocycles. The van der Waals surface area contributed by atoms with E-state index in [9.17, 15) is 0 Å². The molecule has 0 nitrogen and oxygen atoms in total. The first-order chi connectivity index (χ1) is 7.65. The normalized spacial score (nSPS) is 14.1. The van der Waals surface area contributed by atoms with Gasteiger partial charge in [0.1, 0.15) is 0 Å². The standard InChI is InChI=1S/C16H22/c1-12(2)5-4-6-14-10-15-8-7-13(3)9-16(15)11-14/h7-9,11-12H,4-6,10H2,1-3H3. The monoisotopic (exact) mass is 214 g/mol. The van der Waals surface area contributed by atoms with Crippen LogP contribution in [0.3, 0.4) is 0 Å². The Balaban J connectivity index is 1.94. The lowest BCUT2D eigenvalue weighted by Crippen LogP contribution is -1.90. The largest absolute Gasteiger partial charge is 0.0652 e. The van der Waals surface area contributed by atoms with Crippen molar-refractivity contribution in [3.63, 3.8) is 0 Å². The average molecular weight is 214 g/mol. The van der Waals surface area contributed by atoms with Gasteiger partial charge in [-0.1, -0.05) is 55.7 Å². The third-order valence-electron chi connectivity index (χ3n) is 3.36. The van der Waals surface area contributed by atoms with Gasteiger partial charge in [-0.15, -0.1) is 0 Å². The number of fused-ring (bicyclic) bond motifs is 1. The van der Waals surface area contributed by atoms with Crippen LogP contribution in [0, 0.1) is 12.8 Å². The third-order valence-corrected chi connectivity index (χ3v) is 3.36. The van der Waals surface area contributed by atoms with Gasteiger partial charge in [0.25, 0.3) is 0 Å². The second-order valence-corrected chi connectivity index (χ2v) is 5.47. The highest BCUT2D eigenvalue weighted by Crippen LogP contribution is 2.28. The number of allylic oxidation sites excluding steroid dienone is 1. The maximum absolute atomic E-state index is 2.41.